The van der Waals surface area contributed by atoms with Crippen LogP contribution in [0, 0.1) is 0 Å². The molecule has 0 aliphatic heterocycles. The second-order valence-electron chi connectivity index (χ2n) is 1.97. The van der Waals surface area contributed by atoms with E-state index in [1.165, 1.54) is 12.3 Å². The maximum absolute atomic E-state index is 10.4. The van der Waals surface area contributed by atoms with Gasteiger partial charge in [0.2, 0.25) is 0 Å². The first-order valence-electron chi connectivity index (χ1n) is 2.86. The Hall–Kier alpha value is -1.78. The number of carbonyl (C=O) groups is 1. The third-order valence-corrected chi connectivity index (χ3v) is 1.23. The van der Waals surface area contributed by atoms with Crippen molar-refractivity contribution in [2.45, 2.75) is 0 Å². The van der Waals surface area contributed by atoms with Crippen LogP contribution in [0.1, 0.15) is 10.5 Å². The summed E-state index contributed by atoms with van der Waals surface area (Å²) in [6, 6.07) is 1.45. The summed E-state index contributed by atoms with van der Waals surface area (Å²) in [6.07, 6.45) is 1.30. The minimum Gasteiger partial charge on any atom is -0.476 e. The van der Waals surface area contributed by atoms with E-state index in [4.69, 9.17) is 16.6 Å². The lowest BCUT2D eigenvalue weighted by Crippen LogP contribution is -2.07. The molecule has 0 fully saturated rings. The Balaban J connectivity index is 3.27. The summed E-state index contributed by atoms with van der Waals surface area (Å²) in [5.74, 6) is -1.17. The van der Waals surface area contributed by atoms with Gasteiger partial charge in [0, 0.05) is 6.20 Å². The van der Waals surface area contributed by atoms with Gasteiger partial charge in [-0.05, 0) is 6.07 Å². The first kappa shape index (κ1) is 7.33. The van der Waals surface area contributed by atoms with E-state index in [0.29, 0.717) is 0 Å². The smallest absolute Gasteiger partial charge is 0.356 e. The Morgan fingerprint density at radius 3 is 2.64 bits per heavy atom. The zero-order chi connectivity index (χ0) is 8.43. The highest BCUT2D eigenvalue weighted by molar-refractivity contribution is 5.94. The Labute approximate surface area is 62.7 Å². The molecule has 58 valence electrons. The lowest BCUT2D eigenvalue weighted by atomic mass is 10.2. The van der Waals surface area contributed by atoms with Gasteiger partial charge in [0.15, 0.2) is 5.69 Å². The summed E-state index contributed by atoms with van der Waals surface area (Å²) < 4.78 is 0. The van der Waals surface area contributed by atoms with Gasteiger partial charge in [-0.1, -0.05) is 0 Å². The molecule has 0 spiro atoms. The van der Waals surface area contributed by atoms with Crippen LogP contribution in [0.25, 0.3) is 0 Å². The van der Waals surface area contributed by atoms with Crippen LogP contribution >= 0.6 is 0 Å². The van der Waals surface area contributed by atoms with Crippen molar-refractivity contribution in [2.75, 3.05) is 11.5 Å². The number of nitrogens with two attached hydrogens (primary N) is 2. The zero-order valence-corrected chi connectivity index (χ0v) is 5.61. The topological polar surface area (TPSA) is 102 Å². The van der Waals surface area contributed by atoms with Gasteiger partial charge in [0.1, 0.15) is 0 Å². The van der Waals surface area contributed by atoms with Crippen molar-refractivity contribution in [1.82, 2.24) is 4.98 Å². The molecule has 11 heavy (non-hydrogen) atoms. The maximum Gasteiger partial charge on any atom is 0.356 e. The molecule has 1 aromatic rings. The van der Waals surface area contributed by atoms with Gasteiger partial charge < -0.3 is 16.6 Å². The quantitative estimate of drug-likeness (QED) is 0.524. The Bertz CT molecular complexity index is 298. The van der Waals surface area contributed by atoms with Crippen molar-refractivity contribution in [2.24, 2.45) is 0 Å². The maximum atomic E-state index is 10.4. The standard InChI is InChI=1S/C6H7N3O2/c7-3-1-2-9-5(4(3)8)6(10)11/h1-2H,8H2,(H2,7,9)(H,10,11). The molecule has 1 heterocycles. The third-order valence-electron chi connectivity index (χ3n) is 1.23. The van der Waals surface area contributed by atoms with Gasteiger partial charge in [0.05, 0.1) is 11.4 Å². The van der Waals surface area contributed by atoms with Crippen LogP contribution < -0.4 is 11.5 Å². The molecule has 0 aliphatic rings. The van der Waals surface area contributed by atoms with E-state index in [1.807, 2.05) is 0 Å². The molecule has 1 aromatic heterocycles. The summed E-state index contributed by atoms with van der Waals surface area (Å²) in [5, 5.41) is 8.49. The molecule has 0 aliphatic carbocycles. The monoisotopic (exact) mass is 153 g/mol. The van der Waals surface area contributed by atoms with Crippen LogP contribution in [0.3, 0.4) is 0 Å². The molecule has 0 aromatic carbocycles. The van der Waals surface area contributed by atoms with E-state index in [1.54, 1.807) is 0 Å². The number of hydrogen-bond acceptors (Lipinski definition) is 4. The first-order chi connectivity index (χ1) is 5.13. The number of anilines is 2. The molecular formula is C6H7N3O2. The van der Waals surface area contributed by atoms with Gasteiger partial charge in [-0.15, -0.1) is 0 Å². The lowest BCUT2D eigenvalue weighted by molar-refractivity contribution is 0.0692. The molecule has 0 atom stereocenters. The third kappa shape index (κ3) is 1.21. The second-order valence-corrected chi connectivity index (χ2v) is 1.97. The average molecular weight is 153 g/mol. The van der Waals surface area contributed by atoms with E-state index in [2.05, 4.69) is 4.98 Å². The number of pyridine rings is 1. The van der Waals surface area contributed by atoms with Crippen LogP contribution in [0.15, 0.2) is 12.3 Å². The van der Waals surface area contributed by atoms with E-state index in [-0.39, 0.29) is 17.1 Å². The average Bonchev–Trinajstić information content (AvgIpc) is 1.94. The number of aromatic carboxylic acids is 1. The van der Waals surface area contributed by atoms with Crippen molar-refractivity contribution in [1.29, 1.82) is 0 Å². The molecule has 0 unspecified atom stereocenters. The molecule has 0 saturated carbocycles. The number of carboxylic acid groups (broad SMARTS) is 1. The first-order valence-corrected chi connectivity index (χ1v) is 2.86. The highest BCUT2D eigenvalue weighted by Gasteiger charge is 2.10. The van der Waals surface area contributed by atoms with E-state index < -0.39 is 5.97 Å². The molecule has 5 nitrogen and oxygen atoms in total. The van der Waals surface area contributed by atoms with Crippen molar-refractivity contribution in [3.63, 3.8) is 0 Å². The normalized spacial score (nSPS) is 9.45. The van der Waals surface area contributed by atoms with Crippen LogP contribution in [0.2, 0.25) is 0 Å². The fraction of sp³-hybridized carbons (Fsp3) is 0. The molecule has 0 amide bonds. The fourth-order valence-corrected chi connectivity index (χ4v) is 0.659. The molecule has 1 rings (SSSR count). The fourth-order valence-electron chi connectivity index (χ4n) is 0.659. The number of rotatable bonds is 1. The minimum atomic E-state index is -1.17. The largest absolute Gasteiger partial charge is 0.476 e. The lowest BCUT2D eigenvalue weighted by Gasteiger charge is -2.00. The van der Waals surface area contributed by atoms with Crippen molar-refractivity contribution in [3.05, 3.63) is 18.0 Å². The van der Waals surface area contributed by atoms with E-state index in [0.717, 1.165) is 0 Å². The molecule has 0 bridgehead atoms. The SMILES string of the molecule is Nc1ccnc(C(=O)O)c1N. The van der Waals surface area contributed by atoms with Crippen molar-refractivity contribution >= 4 is 17.3 Å². The number of nitrogens with zero attached hydrogens (tertiary/aromatic N) is 1. The summed E-state index contributed by atoms with van der Waals surface area (Å²) >= 11 is 0. The van der Waals surface area contributed by atoms with Crippen molar-refractivity contribution < 1.29 is 9.90 Å². The Morgan fingerprint density at radius 1 is 1.55 bits per heavy atom. The number of aromatic nitrogens is 1. The molecule has 0 radical (unpaired) electrons. The minimum absolute atomic E-state index is 0.0139. The van der Waals surface area contributed by atoms with Crippen LogP contribution in [0.4, 0.5) is 11.4 Å². The Morgan fingerprint density at radius 2 is 2.18 bits per heavy atom. The van der Waals surface area contributed by atoms with E-state index in [9.17, 15) is 4.79 Å². The number of hydrogen-bond donors (Lipinski definition) is 3. The Kier molecular flexibility index (Phi) is 1.63. The van der Waals surface area contributed by atoms with Crippen LogP contribution in [-0.4, -0.2) is 16.1 Å². The summed E-state index contributed by atoms with van der Waals surface area (Å²) in [6.45, 7) is 0. The molecular weight excluding hydrogens is 146 g/mol. The van der Waals surface area contributed by atoms with Gasteiger partial charge in [-0.25, -0.2) is 9.78 Å². The highest BCUT2D eigenvalue weighted by Crippen LogP contribution is 2.15. The van der Waals surface area contributed by atoms with E-state index >= 15 is 0 Å². The molecule has 5 heteroatoms. The highest BCUT2D eigenvalue weighted by atomic mass is 16.4. The van der Waals surface area contributed by atoms with Gasteiger partial charge in [0.25, 0.3) is 0 Å². The van der Waals surface area contributed by atoms with Crippen LogP contribution in [-0.2, 0) is 0 Å². The predicted molar refractivity (Wildman–Crippen MR) is 40.0 cm³/mol. The van der Waals surface area contributed by atoms with Gasteiger partial charge in [-0.3, -0.25) is 0 Å². The summed E-state index contributed by atoms with van der Waals surface area (Å²) in [5.41, 5.74) is 10.7. The van der Waals surface area contributed by atoms with Crippen molar-refractivity contribution in [3.8, 4) is 0 Å². The van der Waals surface area contributed by atoms with Crippen LogP contribution in [0.5, 0.6) is 0 Å². The molecule has 0 saturated heterocycles. The number of carboxylic acids is 1. The van der Waals surface area contributed by atoms with Gasteiger partial charge in [-0.2, -0.15) is 0 Å². The number of nitrogen functional groups attached to an aromatic ring is 2. The predicted octanol–water partition coefficient (Wildman–Crippen LogP) is -0.0558. The van der Waals surface area contributed by atoms with Gasteiger partial charge >= 0.3 is 5.97 Å². The summed E-state index contributed by atoms with van der Waals surface area (Å²) in [4.78, 5) is 13.9. The zero-order valence-electron chi connectivity index (χ0n) is 5.61. The molecule has 5 N–H and O–H groups in total. The second kappa shape index (κ2) is 2.45. The summed E-state index contributed by atoms with van der Waals surface area (Å²) in [7, 11) is 0.